The topological polar surface area (TPSA) is 42.4 Å². The van der Waals surface area contributed by atoms with Gasteiger partial charge in [-0.2, -0.15) is 0 Å². The average molecular weight is 236 g/mol. The van der Waals surface area contributed by atoms with E-state index in [1.165, 1.54) is 5.56 Å². The molecular weight excluding hydrogens is 216 g/mol. The van der Waals surface area contributed by atoms with E-state index in [0.29, 0.717) is 6.61 Å². The molecule has 0 fully saturated rings. The first-order valence-electron chi connectivity index (χ1n) is 5.91. The van der Waals surface area contributed by atoms with Gasteiger partial charge in [-0.25, -0.2) is 0 Å². The number of ether oxygens (including phenoxy) is 1. The molecule has 0 spiro atoms. The standard InChI is InChI=1S/C13H20N2O2/c1-4-17-13(16)11(2)15(3)10-7-12-5-8-14-9-6-12/h5-6,8-9,11H,4,7,10H2,1-3H3. The van der Waals surface area contributed by atoms with E-state index >= 15 is 0 Å². The molecule has 1 rings (SSSR count). The van der Waals surface area contributed by atoms with E-state index in [4.69, 9.17) is 4.74 Å². The molecule has 0 amide bonds. The first-order chi connectivity index (χ1) is 8.15. The third-order valence-corrected chi connectivity index (χ3v) is 2.79. The van der Waals surface area contributed by atoms with Crippen molar-refractivity contribution >= 4 is 5.97 Å². The molecular formula is C13H20N2O2. The van der Waals surface area contributed by atoms with Crippen molar-refractivity contribution in [3.05, 3.63) is 30.1 Å². The lowest BCUT2D eigenvalue weighted by molar-refractivity contribution is -0.148. The van der Waals surface area contributed by atoms with Gasteiger partial charge in [0.05, 0.1) is 6.61 Å². The van der Waals surface area contributed by atoms with E-state index in [2.05, 4.69) is 4.98 Å². The Kier molecular flexibility index (Phi) is 5.63. The fraction of sp³-hybridized carbons (Fsp3) is 0.538. The zero-order valence-corrected chi connectivity index (χ0v) is 10.7. The molecule has 0 aliphatic rings. The van der Waals surface area contributed by atoms with Gasteiger partial charge in [0.25, 0.3) is 0 Å². The second-order valence-electron chi connectivity index (χ2n) is 4.01. The summed E-state index contributed by atoms with van der Waals surface area (Å²) in [5, 5.41) is 0. The molecule has 0 aliphatic carbocycles. The van der Waals surface area contributed by atoms with Crippen molar-refractivity contribution in [2.24, 2.45) is 0 Å². The number of pyridine rings is 1. The molecule has 0 saturated heterocycles. The van der Waals surface area contributed by atoms with Gasteiger partial charge < -0.3 is 4.74 Å². The molecule has 4 heteroatoms. The number of hydrogen-bond donors (Lipinski definition) is 0. The number of rotatable bonds is 6. The molecule has 17 heavy (non-hydrogen) atoms. The molecule has 94 valence electrons. The summed E-state index contributed by atoms with van der Waals surface area (Å²) in [5.74, 6) is -0.162. The van der Waals surface area contributed by atoms with Crippen molar-refractivity contribution in [1.29, 1.82) is 0 Å². The molecule has 1 atom stereocenters. The smallest absolute Gasteiger partial charge is 0.323 e. The van der Waals surface area contributed by atoms with E-state index in [9.17, 15) is 4.79 Å². The fourth-order valence-electron chi connectivity index (χ4n) is 1.49. The second kappa shape index (κ2) is 7.01. The van der Waals surface area contributed by atoms with Crippen LogP contribution in [0.1, 0.15) is 19.4 Å². The molecule has 4 nitrogen and oxygen atoms in total. The summed E-state index contributed by atoms with van der Waals surface area (Å²) in [5.41, 5.74) is 1.22. The van der Waals surface area contributed by atoms with Crippen LogP contribution in [-0.4, -0.2) is 42.1 Å². The van der Waals surface area contributed by atoms with E-state index < -0.39 is 0 Å². The van der Waals surface area contributed by atoms with Gasteiger partial charge >= 0.3 is 5.97 Å². The lowest BCUT2D eigenvalue weighted by Crippen LogP contribution is -2.38. The minimum absolute atomic E-state index is 0.162. The normalized spacial score (nSPS) is 12.5. The Morgan fingerprint density at radius 1 is 1.47 bits per heavy atom. The lowest BCUT2D eigenvalue weighted by atomic mass is 10.2. The van der Waals surface area contributed by atoms with Gasteiger partial charge in [-0.1, -0.05) is 0 Å². The van der Waals surface area contributed by atoms with Gasteiger partial charge in [0.15, 0.2) is 0 Å². The van der Waals surface area contributed by atoms with Crippen molar-refractivity contribution in [2.45, 2.75) is 26.3 Å². The second-order valence-corrected chi connectivity index (χ2v) is 4.01. The molecule has 1 aromatic heterocycles. The summed E-state index contributed by atoms with van der Waals surface area (Å²) in [7, 11) is 1.93. The minimum Gasteiger partial charge on any atom is -0.465 e. The number of esters is 1. The van der Waals surface area contributed by atoms with Crippen molar-refractivity contribution in [1.82, 2.24) is 9.88 Å². The predicted octanol–water partition coefficient (Wildman–Crippen LogP) is 1.51. The number of aromatic nitrogens is 1. The number of nitrogens with zero attached hydrogens (tertiary/aromatic N) is 2. The summed E-state index contributed by atoms with van der Waals surface area (Å²) in [4.78, 5) is 17.5. The maximum Gasteiger partial charge on any atom is 0.323 e. The van der Waals surface area contributed by atoms with Crippen molar-refractivity contribution < 1.29 is 9.53 Å². The zero-order chi connectivity index (χ0) is 12.7. The molecule has 0 saturated carbocycles. The quantitative estimate of drug-likeness (QED) is 0.702. The van der Waals surface area contributed by atoms with Gasteiger partial charge in [0, 0.05) is 18.9 Å². The van der Waals surface area contributed by atoms with Crippen LogP contribution in [0.2, 0.25) is 0 Å². The maximum atomic E-state index is 11.5. The van der Waals surface area contributed by atoms with Crippen molar-refractivity contribution in [3.8, 4) is 0 Å². The Bertz CT molecular complexity index is 341. The molecule has 0 bridgehead atoms. The molecule has 0 aliphatic heterocycles. The van der Waals surface area contributed by atoms with Crippen LogP contribution in [-0.2, 0) is 16.0 Å². The van der Waals surface area contributed by atoms with Gasteiger partial charge in [0.1, 0.15) is 6.04 Å². The highest BCUT2D eigenvalue weighted by Gasteiger charge is 2.18. The predicted molar refractivity (Wildman–Crippen MR) is 66.7 cm³/mol. The largest absolute Gasteiger partial charge is 0.465 e. The Labute approximate surface area is 103 Å². The zero-order valence-electron chi connectivity index (χ0n) is 10.7. The van der Waals surface area contributed by atoms with Crippen molar-refractivity contribution in [3.63, 3.8) is 0 Å². The molecule has 1 unspecified atom stereocenters. The van der Waals surface area contributed by atoms with Gasteiger partial charge in [-0.15, -0.1) is 0 Å². The highest BCUT2D eigenvalue weighted by molar-refractivity contribution is 5.75. The third-order valence-electron chi connectivity index (χ3n) is 2.79. The van der Waals surface area contributed by atoms with E-state index in [1.54, 1.807) is 12.4 Å². The SMILES string of the molecule is CCOC(=O)C(C)N(C)CCc1ccncc1. The molecule has 0 radical (unpaired) electrons. The lowest BCUT2D eigenvalue weighted by Gasteiger charge is -2.22. The molecule has 1 heterocycles. The van der Waals surface area contributed by atoms with Gasteiger partial charge in [0.2, 0.25) is 0 Å². The molecule has 0 N–H and O–H groups in total. The Balaban J connectivity index is 2.39. The number of hydrogen-bond acceptors (Lipinski definition) is 4. The number of carbonyl (C=O) groups excluding carboxylic acids is 1. The number of likely N-dealkylation sites (N-methyl/N-ethyl adjacent to an activating group) is 1. The van der Waals surface area contributed by atoms with Crippen LogP contribution < -0.4 is 0 Å². The van der Waals surface area contributed by atoms with Gasteiger partial charge in [-0.05, 0) is 45.0 Å². The Hall–Kier alpha value is -1.42. The summed E-state index contributed by atoms with van der Waals surface area (Å²) in [6.45, 7) is 4.94. The Morgan fingerprint density at radius 3 is 2.71 bits per heavy atom. The van der Waals surface area contributed by atoms with Gasteiger partial charge in [-0.3, -0.25) is 14.7 Å². The summed E-state index contributed by atoms with van der Waals surface area (Å²) >= 11 is 0. The van der Waals surface area contributed by atoms with Crippen LogP contribution in [0.25, 0.3) is 0 Å². The highest BCUT2D eigenvalue weighted by atomic mass is 16.5. The highest BCUT2D eigenvalue weighted by Crippen LogP contribution is 2.03. The van der Waals surface area contributed by atoms with E-state index in [0.717, 1.165) is 13.0 Å². The summed E-state index contributed by atoms with van der Waals surface area (Å²) in [6.07, 6.45) is 4.47. The third kappa shape index (κ3) is 4.53. The van der Waals surface area contributed by atoms with Crippen LogP contribution in [0.3, 0.4) is 0 Å². The molecule has 1 aromatic rings. The number of carbonyl (C=O) groups is 1. The Morgan fingerprint density at radius 2 is 2.12 bits per heavy atom. The summed E-state index contributed by atoms with van der Waals surface area (Å²) in [6, 6.07) is 3.78. The van der Waals surface area contributed by atoms with Crippen LogP contribution in [0.15, 0.2) is 24.5 Å². The van der Waals surface area contributed by atoms with E-state index in [-0.39, 0.29) is 12.0 Å². The van der Waals surface area contributed by atoms with Crippen molar-refractivity contribution in [2.75, 3.05) is 20.2 Å². The van der Waals surface area contributed by atoms with E-state index in [1.807, 2.05) is 37.9 Å². The first kappa shape index (κ1) is 13.6. The monoisotopic (exact) mass is 236 g/mol. The minimum atomic E-state index is -0.197. The van der Waals surface area contributed by atoms with Crippen LogP contribution in [0, 0.1) is 0 Å². The average Bonchev–Trinajstić information content (AvgIpc) is 2.36. The summed E-state index contributed by atoms with van der Waals surface area (Å²) < 4.78 is 4.99. The van der Waals surface area contributed by atoms with Crippen LogP contribution >= 0.6 is 0 Å². The fourth-order valence-corrected chi connectivity index (χ4v) is 1.49. The maximum absolute atomic E-state index is 11.5. The van der Waals surface area contributed by atoms with Crippen LogP contribution in [0.5, 0.6) is 0 Å². The molecule has 0 aromatic carbocycles. The first-order valence-corrected chi connectivity index (χ1v) is 5.91. The van der Waals surface area contributed by atoms with Crippen LogP contribution in [0.4, 0.5) is 0 Å².